The number of esters is 1. The summed E-state index contributed by atoms with van der Waals surface area (Å²) in [5, 5.41) is 30.2. The van der Waals surface area contributed by atoms with E-state index >= 15 is 0 Å². The van der Waals surface area contributed by atoms with Crippen LogP contribution in [0, 0.1) is 17.8 Å². The maximum absolute atomic E-state index is 11.6. The van der Waals surface area contributed by atoms with Crippen molar-refractivity contribution in [2.24, 2.45) is 17.8 Å². The molecule has 3 N–H and O–H groups in total. The number of rotatable bonds is 3. The van der Waals surface area contributed by atoms with Crippen LogP contribution in [0.5, 0.6) is 0 Å². The summed E-state index contributed by atoms with van der Waals surface area (Å²) in [5.74, 6) is -0.685. The van der Waals surface area contributed by atoms with Gasteiger partial charge in [0.1, 0.15) is 0 Å². The molecule has 0 bridgehead atoms. The lowest BCUT2D eigenvalue weighted by Crippen LogP contribution is -2.55. The Morgan fingerprint density at radius 1 is 1.28 bits per heavy atom. The van der Waals surface area contributed by atoms with Gasteiger partial charge in [-0.25, -0.2) is 4.79 Å². The number of methoxy groups -OCH3 is 1. The van der Waals surface area contributed by atoms with Gasteiger partial charge in [0.15, 0.2) is 5.60 Å². The Labute approximate surface area is 108 Å². The maximum atomic E-state index is 11.6. The predicted molar refractivity (Wildman–Crippen MR) is 65.7 cm³/mol. The van der Waals surface area contributed by atoms with Crippen molar-refractivity contribution in [2.45, 2.75) is 51.4 Å². The van der Waals surface area contributed by atoms with Crippen LogP contribution in [-0.2, 0) is 9.53 Å². The third-order valence-electron chi connectivity index (χ3n) is 4.25. The molecular weight excluding hydrogens is 236 g/mol. The second-order valence-corrected chi connectivity index (χ2v) is 5.76. The fraction of sp³-hybridized carbons (Fsp3) is 0.923. The van der Waals surface area contributed by atoms with Gasteiger partial charge in [0, 0.05) is 6.42 Å². The number of hydrogen-bond acceptors (Lipinski definition) is 5. The minimum Gasteiger partial charge on any atom is -0.467 e. The third-order valence-corrected chi connectivity index (χ3v) is 4.25. The molecule has 5 heteroatoms. The van der Waals surface area contributed by atoms with Crippen LogP contribution in [-0.4, -0.2) is 46.2 Å². The summed E-state index contributed by atoms with van der Waals surface area (Å²) in [6.45, 7) is 5.97. The molecule has 0 aromatic rings. The van der Waals surface area contributed by atoms with Gasteiger partial charge in [0.05, 0.1) is 19.3 Å². The number of aliphatic hydroxyl groups excluding tert-OH is 2. The molecule has 1 saturated carbocycles. The summed E-state index contributed by atoms with van der Waals surface area (Å²) in [5.41, 5.74) is -1.69. The maximum Gasteiger partial charge on any atom is 0.337 e. The topological polar surface area (TPSA) is 87.0 Å². The van der Waals surface area contributed by atoms with E-state index in [9.17, 15) is 20.1 Å². The van der Waals surface area contributed by atoms with E-state index in [1.807, 2.05) is 20.8 Å². The molecule has 1 rings (SSSR count). The minimum atomic E-state index is -1.69. The van der Waals surface area contributed by atoms with Gasteiger partial charge in [-0.2, -0.15) is 0 Å². The summed E-state index contributed by atoms with van der Waals surface area (Å²) in [7, 11) is 1.21. The number of carbonyl (C=O) groups excluding carboxylic acids is 1. The number of ether oxygens (including phenoxy) is 1. The lowest BCUT2D eigenvalue weighted by atomic mass is 9.68. The van der Waals surface area contributed by atoms with Gasteiger partial charge in [-0.15, -0.1) is 0 Å². The van der Waals surface area contributed by atoms with Gasteiger partial charge in [-0.1, -0.05) is 20.8 Å². The lowest BCUT2D eigenvalue weighted by Gasteiger charge is -2.43. The average molecular weight is 260 g/mol. The molecule has 0 heterocycles. The highest BCUT2D eigenvalue weighted by molar-refractivity contribution is 5.79. The van der Waals surface area contributed by atoms with Crippen molar-refractivity contribution in [3.63, 3.8) is 0 Å². The summed E-state index contributed by atoms with van der Waals surface area (Å²) in [6, 6.07) is 0. The highest BCUT2D eigenvalue weighted by Gasteiger charge is 2.50. The van der Waals surface area contributed by atoms with E-state index in [4.69, 9.17) is 0 Å². The molecule has 1 fully saturated rings. The van der Waals surface area contributed by atoms with Crippen molar-refractivity contribution in [1.29, 1.82) is 0 Å². The summed E-state index contributed by atoms with van der Waals surface area (Å²) >= 11 is 0. The second kappa shape index (κ2) is 5.55. The van der Waals surface area contributed by atoms with E-state index in [-0.39, 0.29) is 30.6 Å². The van der Waals surface area contributed by atoms with E-state index < -0.39 is 23.8 Å². The molecule has 1 aliphatic rings. The first-order valence-electron chi connectivity index (χ1n) is 6.40. The first-order chi connectivity index (χ1) is 8.23. The Kier molecular flexibility index (Phi) is 4.75. The van der Waals surface area contributed by atoms with E-state index in [1.165, 1.54) is 7.11 Å². The fourth-order valence-electron chi connectivity index (χ4n) is 2.69. The quantitative estimate of drug-likeness (QED) is 0.636. The van der Waals surface area contributed by atoms with Crippen LogP contribution in [0.4, 0.5) is 0 Å². The molecular formula is C13H24O5. The van der Waals surface area contributed by atoms with Gasteiger partial charge >= 0.3 is 5.97 Å². The Bertz CT molecular complexity index is 300. The van der Waals surface area contributed by atoms with Crippen molar-refractivity contribution >= 4 is 5.97 Å². The molecule has 5 atom stereocenters. The van der Waals surface area contributed by atoms with Crippen LogP contribution >= 0.6 is 0 Å². The van der Waals surface area contributed by atoms with Crippen molar-refractivity contribution in [3.05, 3.63) is 0 Å². The smallest absolute Gasteiger partial charge is 0.337 e. The summed E-state index contributed by atoms with van der Waals surface area (Å²) in [6.07, 6.45) is -2.07. The van der Waals surface area contributed by atoms with Crippen LogP contribution in [0.1, 0.15) is 33.6 Å². The molecule has 0 aromatic carbocycles. The fourth-order valence-corrected chi connectivity index (χ4v) is 2.69. The Hall–Kier alpha value is -0.650. The van der Waals surface area contributed by atoms with E-state index in [2.05, 4.69) is 4.74 Å². The number of aliphatic hydroxyl groups is 3. The van der Waals surface area contributed by atoms with Crippen LogP contribution in [0.3, 0.4) is 0 Å². The highest BCUT2D eigenvalue weighted by Crippen LogP contribution is 2.39. The zero-order valence-electron chi connectivity index (χ0n) is 11.5. The molecule has 0 radical (unpaired) electrons. The van der Waals surface area contributed by atoms with E-state index in [1.54, 1.807) is 0 Å². The van der Waals surface area contributed by atoms with E-state index in [0.29, 0.717) is 0 Å². The van der Waals surface area contributed by atoms with E-state index in [0.717, 1.165) is 0 Å². The van der Waals surface area contributed by atoms with Crippen molar-refractivity contribution < 1.29 is 24.9 Å². The first kappa shape index (κ1) is 15.4. The van der Waals surface area contributed by atoms with Crippen LogP contribution in [0.2, 0.25) is 0 Å². The minimum absolute atomic E-state index is 0.0890. The standard InChI is InChI=1S/C13H24O5/c1-7(2)8(3)9-5-13(17,12(16)18-4)6-10(14)11(9)15/h7-11,14-15,17H,5-6H2,1-4H3/t8?,9-,10+,11+,13-/m0/s1. The van der Waals surface area contributed by atoms with Crippen LogP contribution in [0.25, 0.3) is 0 Å². The molecule has 0 amide bonds. The second-order valence-electron chi connectivity index (χ2n) is 5.76. The molecule has 0 aliphatic heterocycles. The largest absolute Gasteiger partial charge is 0.467 e. The molecule has 0 aromatic heterocycles. The number of carbonyl (C=O) groups is 1. The molecule has 1 aliphatic carbocycles. The molecule has 1 unspecified atom stereocenters. The summed E-state index contributed by atoms with van der Waals surface area (Å²) < 4.78 is 4.58. The van der Waals surface area contributed by atoms with Gasteiger partial charge in [0.25, 0.3) is 0 Å². The normalized spacial score (nSPS) is 38.6. The Morgan fingerprint density at radius 2 is 1.83 bits per heavy atom. The monoisotopic (exact) mass is 260 g/mol. The molecule has 5 nitrogen and oxygen atoms in total. The zero-order chi connectivity index (χ0) is 14.1. The van der Waals surface area contributed by atoms with Crippen molar-refractivity contribution in [1.82, 2.24) is 0 Å². The van der Waals surface area contributed by atoms with Crippen LogP contribution in [0.15, 0.2) is 0 Å². The SMILES string of the molecule is COC(=O)[C@@]1(O)C[C@@H](O)[C@H](O)[C@H](C(C)C(C)C)C1. The highest BCUT2D eigenvalue weighted by atomic mass is 16.5. The van der Waals surface area contributed by atoms with Crippen molar-refractivity contribution in [2.75, 3.05) is 7.11 Å². The molecule has 0 saturated heterocycles. The first-order valence-corrected chi connectivity index (χ1v) is 6.40. The van der Waals surface area contributed by atoms with Gasteiger partial charge < -0.3 is 20.1 Å². The van der Waals surface area contributed by atoms with Crippen molar-refractivity contribution in [3.8, 4) is 0 Å². The molecule has 106 valence electrons. The lowest BCUT2D eigenvalue weighted by molar-refractivity contribution is -0.186. The Balaban J connectivity index is 2.94. The average Bonchev–Trinajstić information content (AvgIpc) is 2.31. The van der Waals surface area contributed by atoms with Gasteiger partial charge in [0.2, 0.25) is 0 Å². The predicted octanol–water partition coefficient (Wildman–Crippen LogP) is 0.314. The zero-order valence-corrected chi connectivity index (χ0v) is 11.5. The molecule has 0 spiro atoms. The summed E-state index contributed by atoms with van der Waals surface area (Å²) in [4.78, 5) is 11.6. The van der Waals surface area contributed by atoms with Gasteiger partial charge in [-0.05, 0) is 24.2 Å². The van der Waals surface area contributed by atoms with Crippen LogP contribution < -0.4 is 0 Å². The number of hydrogen-bond donors (Lipinski definition) is 3. The third kappa shape index (κ3) is 2.84. The van der Waals surface area contributed by atoms with Gasteiger partial charge in [-0.3, -0.25) is 0 Å². The molecule has 18 heavy (non-hydrogen) atoms. The Morgan fingerprint density at radius 3 is 2.28 bits per heavy atom.